The first-order valence-electron chi connectivity index (χ1n) is 6.54. The number of nitrogens with one attached hydrogen (secondary N) is 1. The molecule has 1 heterocycles. The molecule has 0 spiro atoms. The molecule has 108 valence electrons. The molecule has 0 aromatic heterocycles. The molecule has 1 aromatic rings. The molecule has 1 unspecified atom stereocenters. The smallest absolute Gasteiger partial charge is 0.245 e. The lowest BCUT2D eigenvalue weighted by Gasteiger charge is -2.24. The predicted molar refractivity (Wildman–Crippen MR) is 73.7 cm³/mol. The number of hydrogen-bond donors (Lipinski definition) is 1. The van der Waals surface area contributed by atoms with Crippen LogP contribution in [0.15, 0.2) is 18.2 Å². The van der Waals surface area contributed by atoms with E-state index in [1.807, 2.05) is 6.92 Å². The molecule has 2 amide bonds. The van der Waals surface area contributed by atoms with Crippen LogP contribution in [0.5, 0.6) is 0 Å². The molecule has 0 radical (unpaired) electrons. The summed E-state index contributed by atoms with van der Waals surface area (Å²) in [5, 5.41) is 2.95. The van der Waals surface area contributed by atoms with Gasteiger partial charge in [-0.1, -0.05) is 24.6 Å². The summed E-state index contributed by atoms with van der Waals surface area (Å²) in [6.45, 7) is 2.17. The number of benzene rings is 1. The fourth-order valence-corrected chi connectivity index (χ4v) is 2.43. The molecule has 0 saturated carbocycles. The van der Waals surface area contributed by atoms with Gasteiger partial charge in [0, 0.05) is 23.6 Å². The van der Waals surface area contributed by atoms with Crippen LogP contribution in [-0.2, 0) is 16.1 Å². The average molecular weight is 299 g/mol. The molecule has 1 aliphatic heterocycles. The predicted octanol–water partition coefficient (Wildman–Crippen LogP) is 2.11. The van der Waals surface area contributed by atoms with Crippen LogP contribution in [0.2, 0.25) is 5.02 Å². The van der Waals surface area contributed by atoms with Gasteiger partial charge in [0.15, 0.2) is 0 Å². The second-order valence-corrected chi connectivity index (χ2v) is 5.15. The third-order valence-electron chi connectivity index (χ3n) is 3.37. The first-order valence-corrected chi connectivity index (χ1v) is 6.91. The summed E-state index contributed by atoms with van der Waals surface area (Å²) in [6, 6.07) is 3.87. The van der Waals surface area contributed by atoms with Crippen molar-refractivity contribution < 1.29 is 14.0 Å². The van der Waals surface area contributed by atoms with Gasteiger partial charge in [0.2, 0.25) is 11.8 Å². The van der Waals surface area contributed by atoms with Gasteiger partial charge in [-0.25, -0.2) is 4.39 Å². The van der Waals surface area contributed by atoms with Crippen molar-refractivity contribution in [3.8, 4) is 0 Å². The quantitative estimate of drug-likeness (QED) is 0.929. The SMILES string of the molecule is CCC1NC(=O)CCN(Cc2c(F)cccc2Cl)C1=O. The van der Waals surface area contributed by atoms with Crippen molar-refractivity contribution in [2.24, 2.45) is 0 Å². The molecule has 1 fully saturated rings. The van der Waals surface area contributed by atoms with Crippen LogP contribution in [-0.4, -0.2) is 29.3 Å². The second-order valence-electron chi connectivity index (χ2n) is 4.74. The van der Waals surface area contributed by atoms with Gasteiger partial charge in [0.1, 0.15) is 11.9 Å². The number of halogens is 2. The second kappa shape index (κ2) is 6.22. The van der Waals surface area contributed by atoms with Crippen LogP contribution in [0.3, 0.4) is 0 Å². The van der Waals surface area contributed by atoms with Crippen molar-refractivity contribution in [2.45, 2.75) is 32.4 Å². The lowest BCUT2D eigenvalue weighted by atomic mass is 10.1. The Morgan fingerprint density at radius 1 is 1.45 bits per heavy atom. The summed E-state index contributed by atoms with van der Waals surface area (Å²) >= 11 is 5.98. The molecular weight excluding hydrogens is 283 g/mol. The molecule has 6 heteroatoms. The van der Waals surface area contributed by atoms with E-state index in [9.17, 15) is 14.0 Å². The van der Waals surface area contributed by atoms with E-state index in [4.69, 9.17) is 11.6 Å². The lowest BCUT2D eigenvalue weighted by molar-refractivity contribution is -0.134. The van der Waals surface area contributed by atoms with Gasteiger partial charge in [-0.15, -0.1) is 0 Å². The zero-order valence-corrected chi connectivity index (χ0v) is 11.9. The van der Waals surface area contributed by atoms with E-state index in [1.165, 1.54) is 17.0 Å². The van der Waals surface area contributed by atoms with Gasteiger partial charge in [-0.3, -0.25) is 9.59 Å². The first-order chi connectivity index (χ1) is 9.52. The van der Waals surface area contributed by atoms with Crippen LogP contribution in [0.25, 0.3) is 0 Å². The monoisotopic (exact) mass is 298 g/mol. The maximum Gasteiger partial charge on any atom is 0.245 e. The number of amides is 2. The Balaban J connectivity index is 2.23. The zero-order chi connectivity index (χ0) is 14.7. The van der Waals surface area contributed by atoms with Gasteiger partial charge in [0.25, 0.3) is 0 Å². The summed E-state index contributed by atoms with van der Waals surface area (Å²) in [5.41, 5.74) is 0.284. The summed E-state index contributed by atoms with van der Waals surface area (Å²) in [4.78, 5) is 25.3. The average Bonchev–Trinajstić information content (AvgIpc) is 2.55. The highest BCUT2D eigenvalue weighted by molar-refractivity contribution is 6.31. The van der Waals surface area contributed by atoms with Gasteiger partial charge in [0.05, 0.1) is 6.54 Å². The van der Waals surface area contributed by atoms with E-state index in [0.717, 1.165) is 0 Å². The number of hydrogen-bond acceptors (Lipinski definition) is 2. The maximum atomic E-state index is 13.8. The highest BCUT2D eigenvalue weighted by Crippen LogP contribution is 2.22. The summed E-state index contributed by atoms with van der Waals surface area (Å²) in [6.07, 6.45) is 0.723. The maximum absolute atomic E-state index is 13.8. The number of nitrogens with zero attached hydrogens (tertiary/aromatic N) is 1. The van der Waals surface area contributed by atoms with E-state index < -0.39 is 11.9 Å². The molecule has 1 atom stereocenters. The highest BCUT2D eigenvalue weighted by Gasteiger charge is 2.29. The van der Waals surface area contributed by atoms with E-state index in [2.05, 4.69) is 5.32 Å². The third-order valence-corrected chi connectivity index (χ3v) is 3.73. The van der Waals surface area contributed by atoms with Crippen molar-refractivity contribution in [3.63, 3.8) is 0 Å². The minimum Gasteiger partial charge on any atom is -0.344 e. The zero-order valence-electron chi connectivity index (χ0n) is 11.2. The lowest BCUT2D eigenvalue weighted by Crippen LogP contribution is -2.44. The Labute approximate surface area is 121 Å². The van der Waals surface area contributed by atoms with E-state index >= 15 is 0 Å². The molecule has 1 saturated heterocycles. The van der Waals surface area contributed by atoms with Gasteiger partial charge >= 0.3 is 0 Å². The van der Waals surface area contributed by atoms with Crippen LogP contribution in [0.4, 0.5) is 4.39 Å². The molecular formula is C14H16ClFN2O2. The first kappa shape index (κ1) is 14.8. The van der Waals surface area contributed by atoms with E-state index in [0.29, 0.717) is 6.42 Å². The van der Waals surface area contributed by atoms with Crippen LogP contribution in [0.1, 0.15) is 25.3 Å². The standard InChI is InChI=1S/C14H16ClFN2O2/c1-2-12-14(20)18(7-6-13(19)17-12)8-9-10(15)4-3-5-11(9)16/h3-5,12H,2,6-8H2,1H3,(H,17,19). The summed E-state index contributed by atoms with van der Waals surface area (Å²) in [7, 11) is 0. The minimum atomic E-state index is -0.546. The molecule has 2 rings (SSSR count). The summed E-state index contributed by atoms with van der Waals surface area (Å²) < 4.78 is 13.8. The largest absolute Gasteiger partial charge is 0.344 e. The summed E-state index contributed by atoms with van der Waals surface area (Å²) in [5.74, 6) is -0.799. The van der Waals surface area contributed by atoms with Gasteiger partial charge in [-0.05, 0) is 18.6 Å². The minimum absolute atomic E-state index is 0.0792. The van der Waals surface area contributed by atoms with E-state index in [1.54, 1.807) is 6.07 Å². The molecule has 0 bridgehead atoms. The Bertz CT molecular complexity index is 516. The molecule has 1 aliphatic rings. The normalized spacial score (nSPS) is 19.8. The third kappa shape index (κ3) is 3.10. The topological polar surface area (TPSA) is 49.4 Å². The molecule has 0 aliphatic carbocycles. The fraction of sp³-hybridized carbons (Fsp3) is 0.429. The van der Waals surface area contributed by atoms with Gasteiger partial charge in [-0.2, -0.15) is 0 Å². The number of carbonyl (C=O) groups excluding carboxylic acids is 2. The van der Waals surface area contributed by atoms with Crippen LogP contribution < -0.4 is 5.32 Å². The molecule has 4 nitrogen and oxygen atoms in total. The van der Waals surface area contributed by atoms with Crippen molar-refractivity contribution in [3.05, 3.63) is 34.6 Å². The van der Waals surface area contributed by atoms with Crippen molar-refractivity contribution in [1.82, 2.24) is 10.2 Å². The Morgan fingerprint density at radius 3 is 2.85 bits per heavy atom. The van der Waals surface area contributed by atoms with Gasteiger partial charge < -0.3 is 10.2 Å². The van der Waals surface area contributed by atoms with Crippen molar-refractivity contribution in [1.29, 1.82) is 0 Å². The van der Waals surface area contributed by atoms with Crippen LogP contribution in [0, 0.1) is 5.82 Å². The number of carbonyl (C=O) groups is 2. The Kier molecular flexibility index (Phi) is 4.60. The van der Waals surface area contributed by atoms with Crippen molar-refractivity contribution in [2.75, 3.05) is 6.54 Å². The Morgan fingerprint density at radius 2 is 2.20 bits per heavy atom. The van der Waals surface area contributed by atoms with Crippen LogP contribution >= 0.6 is 11.6 Å². The number of rotatable bonds is 3. The fourth-order valence-electron chi connectivity index (χ4n) is 2.20. The van der Waals surface area contributed by atoms with Crippen molar-refractivity contribution >= 4 is 23.4 Å². The highest BCUT2D eigenvalue weighted by atomic mass is 35.5. The molecule has 20 heavy (non-hydrogen) atoms. The molecule has 1 N–H and O–H groups in total. The Hall–Kier alpha value is -1.62. The molecule has 1 aromatic carbocycles. The van der Waals surface area contributed by atoms with E-state index in [-0.39, 0.29) is 41.9 Å².